The van der Waals surface area contributed by atoms with Crippen molar-refractivity contribution in [3.05, 3.63) is 0 Å². The van der Waals surface area contributed by atoms with Crippen molar-refractivity contribution >= 4 is 41.5 Å². The molecule has 0 unspecified atom stereocenters. The van der Waals surface area contributed by atoms with Crippen molar-refractivity contribution < 1.29 is 39.3 Å². The molecule has 11 heavy (non-hydrogen) atoms. The van der Waals surface area contributed by atoms with Crippen molar-refractivity contribution in [3.63, 3.8) is 0 Å². The van der Waals surface area contributed by atoms with E-state index in [1.807, 2.05) is 0 Å². The van der Waals surface area contributed by atoms with Gasteiger partial charge in [-0.3, -0.25) is 9.59 Å². The summed E-state index contributed by atoms with van der Waals surface area (Å²) in [5.41, 5.74) is 0. The van der Waals surface area contributed by atoms with Crippen LogP contribution in [0.25, 0.3) is 0 Å². The molecule has 6 heteroatoms. The Hall–Kier alpha value is 0.563. The molecule has 0 aromatic heterocycles. The zero-order chi connectivity index (χ0) is 7.28. The monoisotopic (exact) mass is 220 g/mol. The first-order valence-corrected chi connectivity index (χ1v) is 2.56. The van der Waals surface area contributed by atoms with Crippen molar-refractivity contribution in [3.8, 4) is 0 Å². The average molecular weight is 222 g/mol. The molecular formula is C5H9NaO4Zn. The van der Waals surface area contributed by atoms with Crippen LogP contribution < -0.4 is 0 Å². The van der Waals surface area contributed by atoms with Crippen LogP contribution in [-0.2, 0) is 29.1 Å². The first-order chi connectivity index (χ1) is 4.13. The molecule has 0 aromatic carbocycles. The molecule has 0 aliphatic heterocycles. The Balaban J connectivity index is -0.000000320. The van der Waals surface area contributed by atoms with E-state index in [0.717, 1.165) is 0 Å². The second-order valence-corrected chi connectivity index (χ2v) is 1.64. The van der Waals surface area contributed by atoms with Gasteiger partial charge in [0.05, 0.1) is 0 Å². The molecule has 2 N–H and O–H groups in total. The Kier molecular flexibility index (Phi) is 16.9. The molecule has 0 radical (unpaired) electrons. The Morgan fingerprint density at radius 2 is 1.27 bits per heavy atom. The smallest absolute Gasteiger partial charge is 0 e. The van der Waals surface area contributed by atoms with E-state index in [-0.39, 0.29) is 68.3 Å². The van der Waals surface area contributed by atoms with Gasteiger partial charge in [-0.2, -0.15) is 0 Å². The Bertz CT molecular complexity index is 114. The number of hydrogen-bond donors (Lipinski definition) is 2. The van der Waals surface area contributed by atoms with E-state index >= 15 is 0 Å². The van der Waals surface area contributed by atoms with Gasteiger partial charge in [-0.05, 0) is 6.42 Å². The molecule has 0 atom stereocenters. The predicted molar refractivity (Wildman–Crippen MR) is 36.3 cm³/mol. The van der Waals surface area contributed by atoms with Crippen molar-refractivity contribution in [2.45, 2.75) is 19.3 Å². The fourth-order valence-electron chi connectivity index (χ4n) is 0.391. The van der Waals surface area contributed by atoms with Gasteiger partial charge < -0.3 is 10.2 Å². The number of hydrogen-bond acceptors (Lipinski definition) is 2. The molecule has 0 aromatic rings. The number of carboxylic acids is 2. The summed E-state index contributed by atoms with van der Waals surface area (Å²) >= 11 is 0. The molecule has 0 aliphatic carbocycles. The van der Waals surface area contributed by atoms with Crippen LogP contribution in [-0.4, -0.2) is 51.7 Å². The number of carboxylic acid groups (broad SMARTS) is 2. The van der Waals surface area contributed by atoms with E-state index in [1.165, 1.54) is 0 Å². The molecule has 0 aliphatic rings. The van der Waals surface area contributed by atoms with Crippen LogP contribution in [0, 0.1) is 0 Å². The largest absolute Gasteiger partial charge is 0 e. The summed E-state index contributed by atoms with van der Waals surface area (Å²) in [5.74, 6) is -1.90. The van der Waals surface area contributed by atoms with Gasteiger partial charge in [0.2, 0.25) is 0 Å². The van der Waals surface area contributed by atoms with Crippen LogP contribution in [0.1, 0.15) is 19.3 Å². The molecule has 0 amide bonds. The second kappa shape index (κ2) is 10.6. The van der Waals surface area contributed by atoms with Gasteiger partial charge in [-0.1, -0.05) is 0 Å². The van der Waals surface area contributed by atoms with Crippen LogP contribution in [0.2, 0.25) is 0 Å². The quantitative estimate of drug-likeness (QED) is 0.638. The summed E-state index contributed by atoms with van der Waals surface area (Å²) in [6.07, 6.45) is 0.0866. The summed E-state index contributed by atoms with van der Waals surface area (Å²) in [6.45, 7) is 0. The van der Waals surface area contributed by atoms with Crippen LogP contribution in [0.5, 0.6) is 0 Å². The van der Waals surface area contributed by atoms with E-state index in [4.69, 9.17) is 10.2 Å². The summed E-state index contributed by atoms with van der Waals surface area (Å²) in [6, 6.07) is 0. The number of aliphatic carboxylic acids is 2. The van der Waals surface area contributed by atoms with Gasteiger partial charge >= 0.3 is 41.5 Å². The van der Waals surface area contributed by atoms with E-state index in [2.05, 4.69) is 0 Å². The third-order valence-corrected chi connectivity index (χ3v) is 0.781. The van der Waals surface area contributed by atoms with Crippen molar-refractivity contribution in [2.75, 3.05) is 0 Å². The van der Waals surface area contributed by atoms with E-state index in [0.29, 0.717) is 0 Å². The normalized spacial score (nSPS) is 7.27. The summed E-state index contributed by atoms with van der Waals surface area (Å²) < 4.78 is 0. The minimum atomic E-state index is -0.948. The summed E-state index contributed by atoms with van der Waals surface area (Å²) in [7, 11) is 0. The second-order valence-electron chi connectivity index (χ2n) is 1.64. The minimum Gasteiger partial charge on any atom is 0 e. The Labute approximate surface area is 99.4 Å². The van der Waals surface area contributed by atoms with Gasteiger partial charge in [-0.15, -0.1) is 0 Å². The third kappa shape index (κ3) is 18.0. The SMILES string of the molecule is O=C(O)CCCC(=O)O.[NaH].[Zn]. The van der Waals surface area contributed by atoms with E-state index < -0.39 is 11.9 Å². The zero-order valence-corrected chi connectivity index (χ0v) is 8.51. The molecule has 0 spiro atoms. The molecule has 0 saturated carbocycles. The minimum absolute atomic E-state index is 0. The summed E-state index contributed by atoms with van der Waals surface area (Å²) in [5, 5.41) is 16.1. The first kappa shape index (κ1) is 17.6. The van der Waals surface area contributed by atoms with Crippen LogP contribution >= 0.6 is 0 Å². The average Bonchev–Trinajstić information content (AvgIpc) is 1.63. The van der Waals surface area contributed by atoms with Gasteiger partial charge in [0.1, 0.15) is 0 Å². The molecule has 0 bridgehead atoms. The van der Waals surface area contributed by atoms with Gasteiger partial charge in [-0.25, -0.2) is 0 Å². The fraction of sp³-hybridized carbons (Fsp3) is 0.600. The Morgan fingerprint density at radius 1 is 1.00 bits per heavy atom. The Morgan fingerprint density at radius 3 is 1.45 bits per heavy atom. The topological polar surface area (TPSA) is 74.6 Å². The van der Waals surface area contributed by atoms with Gasteiger partial charge in [0.25, 0.3) is 0 Å². The van der Waals surface area contributed by atoms with Crippen LogP contribution in [0.15, 0.2) is 0 Å². The van der Waals surface area contributed by atoms with Crippen molar-refractivity contribution in [1.29, 1.82) is 0 Å². The number of rotatable bonds is 4. The van der Waals surface area contributed by atoms with Gasteiger partial charge in [0.15, 0.2) is 0 Å². The molecule has 0 fully saturated rings. The molecule has 0 heterocycles. The van der Waals surface area contributed by atoms with Crippen molar-refractivity contribution in [2.24, 2.45) is 0 Å². The molecular weight excluding hydrogens is 212 g/mol. The predicted octanol–water partition coefficient (Wildman–Crippen LogP) is -0.325. The molecule has 56 valence electrons. The van der Waals surface area contributed by atoms with E-state index in [1.54, 1.807) is 0 Å². The number of carbonyl (C=O) groups is 2. The maximum atomic E-state index is 9.79. The maximum absolute atomic E-state index is 9.79. The molecule has 0 saturated heterocycles. The standard InChI is InChI=1S/C5H8O4.Na.Zn.H/c6-4(7)2-1-3-5(8)9;;;/h1-3H2,(H,6,7)(H,8,9);;;. The summed E-state index contributed by atoms with van der Waals surface area (Å²) in [4.78, 5) is 19.6. The zero-order valence-electron chi connectivity index (χ0n) is 5.54. The fourth-order valence-corrected chi connectivity index (χ4v) is 0.391. The van der Waals surface area contributed by atoms with Crippen molar-refractivity contribution in [1.82, 2.24) is 0 Å². The van der Waals surface area contributed by atoms with E-state index in [9.17, 15) is 9.59 Å². The maximum Gasteiger partial charge on any atom is 0 e. The van der Waals surface area contributed by atoms with Crippen LogP contribution in [0.4, 0.5) is 0 Å². The first-order valence-electron chi connectivity index (χ1n) is 2.56. The van der Waals surface area contributed by atoms with Gasteiger partial charge in [0, 0.05) is 32.3 Å². The van der Waals surface area contributed by atoms with Crippen LogP contribution in [0.3, 0.4) is 0 Å². The molecule has 0 rings (SSSR count). The molecule has 4 nitrogen and oxygen atoms in total. The third-order valence-electron chi connectivity index (χ3n) is 0.781.